The summed E-state index contributed by atoms with van der Waals surface area (Å²) in [4.78, 5) is 4.01. The SMILES string of the molecule is CCO[Si](C)(CCc1ccncc1)OCC. The highest BCUT2D eigenvalue weighted by atomic mass is 28.4. The summed E-state index contributed by atoms with van der Waals surface area (Å²) in [6.45, 7) is 7.66. The predicted octanol–water partition coefficient (Wildman–Crippen LogP) is 2.77. The van der Waals surface area contributed by atoms with Crippen molar-refractivity contribution < 1.29 is 8.85 Å². The standard InChI is InChI=1S/C12H21NO2Si/c1-4-14-16(3,15-5-2)11-8-12-6-9-13-10-7-12/h6-7,9-10H,4-5,8,11H2,1-3H3. The van der Waals surface area contributed by atoms with Crippen LogP contribution in [0.5, 0.6) is 0 Å². The average molecular weight is 239 g/mol. The van der Waals surface area contributed by atoms with Gasteiger partial charge in [0.2, 0.25) is 0 Å². The van der Waals surface area contributed by atoms with Crippen molar-refractivity contribution >= 4 is 8.56 Å². The van der Waals surface area contributed by atoms with Crippen LogP contribution in [0.2, 0.25) is 12.6 Å². The van der Waals surface area contributed by atoms with Gasteiger partial charge in [0.15, 0.2) is 0 Å². The van der Waals surface area contributed by atoms with Crippen molar-refractivity contribution in [1.29, 1.82) is 0 Å². The first-order valence-corrected chi connectivity index (χ1v) is 8.39. The van der Waals surface area contributed by atoms with Crippen molar-refractivity contribution in [3.63, 3.8) is 0 Å². The molecule has 1 rings (SSSR count). The Hall–Kier alpha value is -0.713. The fourth-order valence-corrected chi connectivity index (χ4v) is 4.05. The highest BCUT2D eigenvalue weighted by molar-refractivity contribution is 6.66. The highest BCUT2D eigenvalue weighted by Gasteiger charge is 2.29. The van der Waals surface area contributed by atoms with Gasteiger partial charge in [-0.25, -0.2) is 0 Å². The molecule has 0 aliphatic heterocycles. The van der Waals surface area contributed by atoms with Gasteiger partial charge in [0.05, 0.1) is 0 Å². The van der Waals surface area contributed by atoms with E-state index in [1.807, 2.05) is 38.4 Å². The topological polar surface area (TPSA) is 31.4 Å². The fraction of sp³-hybridized carbons (Fsp3) is 0.583. The van der Waals surface area contributed by atoms with Crippen molar-refractivity contribution in [1.82, 2.24) is 4.98 Å². The third kappa shape index (κ3) is 4.43. The molecule has 0 spiro atoms. The maximum Gasteiger partial charge on any atom is 0.335 e. The molecule has 0 saturated heterocycles. The predicted molar refractivity (Wildman–Crippen MR) is 67.6 cm³/mol. The first-order chi connectivity index (χ1) is 7.70. The zero-order valence-electron chi connectivity index (χ0n) is 10.4. The minimum Gasteiger partial charge on any atom is -0.395 e. The minimum absolute atomic E-state index is 0.735. The largest absolute Gasteiger partial charge is 0.395 e. The van der Waals surface area contributed by atoms with Crippen LogP contribution in [0.3, 0.4) is 0 Å². The Morgan fingerprint density at radius 1 is 1.12 bits per heavy atom. The maximum absolute atomic E-state index is 5.79. The Balaban J connectivity index is 2.49. The second-order valence-corrected chi connectivity index (χ2v) is 7.20. The number of aromatic nitrogens is 1. The lowest BCUT2D eigenvalue weighted by molar-refractivity contribution is 0.189. The van der Waals surface area contributed by atoms with E-state index in [1.165, 1.54) is 5.56 Å². The van der Waals surface area contributed by atoms with Gasteiger partial charge in [-0.2, -0.15) is 0 Å². The van der Waals surface area contributed by atoms with Gasteiger partial charge in [-0.15, -0.1) is 0 Å². The van der Waals surface area contributed by atoms with Gasteiger partial charge in [-0.1, -0.05) is 0 Å². The summed E-state index contributed by atoms with van der Waals surface area (Å²) in [5.41, 5.74) is 1.30. The van der Waals surface area contributed by atoms with E-state index >= 15 is 0 Å². The molecular weight excluding hydrogens is 218 g/mol. The van der Waals surface area contributed by atoms with Gasteiger partial charge in [0.1, 0.15) is 0 Å². The zero-order valence-corrected chi connectivity index (χ0v) is 11.4. The van der Waals surface area contributed by atoms with Crippen LogP contribution in [0.4, 0.5) is 0 Å². The molecule has 1 aromatic rings. The smallest absolute Gasteiger partial charge is 0.335 e. The van der Waals surface area contributed by atoms with Crippen molar-refractivity contribution in [2.75, 3.05) is 13.2 Å². The first kappa shape index (κ1) is 13.4. The molecule has 4 heteroatoms. The third-order valence-corrected chi connectivity index (χ3v) is 5.47. The Morgan fingerprint density at radius 2 is 1.69 bits per heavy atom. The lowest BCUT2D eigenvalue weighted by Gasteiger charge is -2.25. The van der Waals surface area contributed by atoms with Gasteiger partial charge in [0, 0.05) is 25.6 Å². The Labute approximate surface area is 99.1 Å². The number of nitrogens with zero attached hydrogens (tertiary/aromatic N) is 1. The van der Waals surface area contributed by atoms with Crippen LogP contribution in [-0.2, 0) is 15.3 Å². The molecule has 0 saturated carbocycles. The quantitative estimate of drug-likeness (QED) is 0.686. The summed E-state index contributed by atoms with van der Waals surface area (Å²) in [5.74, 6) is 0. The number of hydrogen-bond donors (Lipinski definition) is 0. The summed E-state index contributed by atoms with van der Waals surface area (Å²) in [5, 5.41) is 0. The average Bonchev–Trinajstić information content (AvgIpc) is 2.29. The molecule has 16 heavy (non-hydrogen) atoms. The zero-order chi connectivity index (χ0) is 11.9. The molecule has 0 fully saturated rings. The Morgan fingerprint density at radius 3 is 2.19 bits per heavy atom. The second kappa shape index (κ2) is 6.78. The van der Waals surface area contributed by atoms with E-state index in [-0.39, 0.29) is 0 Å². The van der Waals surface area contributed by atoms with Gasteiger partial charge in [0.25, 0.3) is 0 Å². The fourth-order valence-electron chi connectivity index (χ4n) is 1.72. The van der Waals surface area contributed by atoms with Crippen LogP contribution in [0, 0.1) is 0 Å². The van der Waals surface area contributed by atoms with Crippen LogP contribution in [0.1, 0.15) is 19.4 Å². The summed E-state index contributed by atoms with van der Waals surface area (Å²) < 4.78 is 11.6. The van der Waals surface area contributed by atoms with E-state index in [0.29, 0.717) is 0 Å². The van der Waals surface area contributed by atoms with E-state index in [1.54, 1.807) is 0 Å². The Kier molecular flexibility index (Phi) is 5.66. The van der Waals surface area contributed by atoms with Gasteiger partial charge in [-0.05, 0) is 50.6 Å². The molecule has 1 heterocycles. The van der Waals surface area contributed by atoms with Crippen molar-refractivity contribution in [3.8, 4) is 0 Å². The van der Waals surface area contributed by atoms with Crippen LogP contribution in [0.25, 0.3) is 0 Å². The molecule has 1 aromatic heterocycles. The monoisotopic (exact) mass is 239 g/mol. The number of rotatable bonds is 7. The minimum atomic E-state index is -1.95. The van der Waals surface area contributed by atoms with Crippen LogP contribution in [0.15, 0.2) is 24.5 Å². The van der Waals surface area contributed by atoms with Gasteiger partial charge < -0.3 is 8.85 Å². The van der Waals surface area contributed by atoms with Crippen molar-refractivity contribution in [2.24, 2.45) is 0 Å². The van der Waals surface area contributed by atoms with Crippen LogP contribution < -0.4 is 0 Å². The third-order valence-electron chi connectivity index (χ3n) is 2.52. The summed E-state index contributed by atoms with van der Waals surface area (Å²) in [7, 11) is -1.95. The molecular formula is C12H21NO2Si. The Bertz CT molecular complexity index is 286. The normalized spacial score (nSPS) is 11.7. The number of pyridine rings is 1. The lowest BCUT2D eigenvalue weighted by Crippen LogP contribution is -2.39. The summed E-state index contributed by atoms with van der Waals surface area (Å²) in [6.07, 6.45) is 4.66. The molecule has 0 amide bonds. The van der Waals surface area contributed by atoms with Gasteiger partial charge >= 0.3 is 8.56 Å². The first-order valence-electron chi connectivity index (χ1n) is 5.87. The second-order valence-electron chi connectivity index (χ2n) is 3.86. The molecule has 0 aliphatic rings. The summed E-state index contributed by atoms with van der Waals surface area (Å²) in [6, 6.07) is 5.10. The maximum atomic E-state index is 5.79. The van der Waals surface area contributed by atoms with Crippen molar-refractivity contribution in [2.45, 2.75) is 32.9 Å². The number of hydrogen-bond acceptors (Lipinski definition) is 3. The van der Waals surface area contributed by atoms with E-state index < -0.39 is 8.56 Å². The van der Waals surface area contributed by atoms with Crippen molar-refractivity contribution in [3.05, 3.63) is 30.1 Å². The van der Waals surface area contributed by atoms with E-state index in [2.05, 4.69) is 11.5 Å². The van der Waals surface area contributed by atoms with E-state index in [4.69, 9.17) is 8.85 Å². The van der Waals surface area contributed by atoms with Gasteiger partial charge in [-0.3, -0.25) is 4.98 Å². The molecule has 0 bridgehead atoms. The highest BCUT2D eigenvalue weighted by Crippen LogP contribution is 2.16. The van der Waals surface area contributed by atoms with E-state index in [0.717, 1.165) is 25.7 Å². The van der Waals surface area contributed by atoms with Crippen LogP contribution >= 0.6 is 0 Å². The lowest BCUT2D eigenvalue weighted by atomic mass is 10.2. The number of aryl methyl sites for hydroxylation is 1. The molecule has 0 N–H and O–H groups in total. The van der Waals surface area contributed by atoms with Crippen LogP contribution in [-0.4, -0.2) is 26.8 Å². The molecule has 3 nitrogen and oxygen atoms in total. The molecule has 0 unspecified atom stereocenters. The molecule has 0 aliphatic carbocycles. The molecule has 0 aromatic carbocycles. The molecule has 0 atom stereocenters. The molecule has 90 valence electrons. The summed E-state index contributed by atoms with van der Waals surface area (Å²) >= 11 is 0. The molecule has 0 radical (unpaired) electrons. The van der Waals surface area contributed by atoms with E-state index in [9.17, 15) is 0 Å².